The molecule has 0 saturated carbocycles. The molecule has 0 amide bonds. The second-order valence-electron chi connectivity index (χ2n) is 43.7. The molecule has 0 spiro atoms. The number of unbranched alkanes of at least 4 members (excludes halogenated alkanes) is 2. The van der Waals surface area contributed by atoms with E-state index >= 15 is 0 Å². The van der Waals surface area contributed by atoms with Gasteiger partial charge in [-0.2, -0.15) is 0 Å². The molecule has 1 unspecified atom stereocenters. The Balaban J connectivity index is 0.000000124. The zero-order valence-corrected chi connectivity index (χ0v) is 89.0. The van der Waals surface area contributed by atoms with E-state index in [1.54, 1.807) is 0 Å². The van der Waals surface area contributed by atoms with Crippen molar-refractivity contribution in [3.63, 3.8) is 0 Å². The van der Waals surface area contributed by atoms with E-state index in [-0.39, 0.29) is 27.1 Å². The molecule has 0 saturated heterocycles. The summed E-state index contributed by atoms with van der Waals surface area (Å²) < 4.78 is 0. The summed E-state index contributed by atoms with van der Waals surface area (Å²) in [5.74, 6) is 0. The second-order valence-corrected chi connectivity index (χ2v) is 43.7. The fraction of sp³-hybridized carbons (Fsp3) is 0.338. The smallest absolute Gasteiger partial charge is 0.0435 e. The Morgan fingerprint density at radius 1 is 0.162 bits per heavy atom. The summed E-state index contributed by atoms with van der Waals surface area (Å²) in [7, 11) is 0. The maximum absolute atomic E-state index is 2.53. The Morgan fingerprint density at radius 3 is 0.610 bits per heavy atom. The average Bonchev–Trinajstić information content (AvgIpc) is 1.58. The lowest BCUT2D eigenvalue weighted by Crippen LogP contribution is -2.23. The van der Waals surface area contributed by atoms with Crippen LogP contribution in [-0.4, -0.2) is 0 Å². The molecule has 15 aromatic carbocycles. The van der Waals surface area contributed by atoms with Crippen molar-refractivity contribution in [2.24, 2.45) is 0 Å². The van der Waals surface area contributed by atoms with Gasteiger partial charge in [0, 0.05) is 27.1 Å². The van der Waals surface area contributed by atoms with Gasteiger partial charge in [0.2, 0.25) is 0 Å². The lowest BCUT2D eigenvalue weighted by molar-refractivity contribution is 0.708. The Kier molecular flexibility index (Phi) is 26.7. The first-order valence-corrected chi connectivity index (χ1v) is 51.1. The fourth-order valence-corrected chi connectivity index (χ4v) is 24.5. The van der Waals surface area contributed by atoms with Crippen LogP contribution in [0.5, 0.6) is 0 Å². The number of fused-ring (bicyclic) bond motifs is 15. The normalized spacial score (nSPS) is 14.9. The first-order valence-electron chi connectivity index (χ1n) is 51.1. The lowest BCUT2D eigenvalue weighted by Gasteiger charge is -2.30. The van der Waals surface area contributed by atoms with E-state index in [0.717, 1.165) is 12.8 Å². The number of benzene rings is 15. The van der Waals surface area contributed by atoms with Crippen molar-refractivity contribution in [1.82, 2.24) is 0 Å². The van der Waals surface area contributed by atoms with Crippen LogP contribution in [-0.2, 0) is 52.8 Å². The van der Waals surface area contributed by atoms with Gasteiger partial charge in [-0.1, -0.05) is 321 Å². The van der Waals surface area contributed by atoms with Crippen molar-refractivity contribution in [1.29, 1.82) is 0 Å². The van der Waals surface area contributed by atoms with Crippen LogP contribution in [0.4, 0.5) is 0 Å². The average molecular weight is 1790 g/mol. The van der Waals surface area contributed by atoms with Crippen LogP contribution in [0.15, 0.2) is 224 Å². The van der Waals surface area contributed by atoms with E-state index in [2.05, 4.69) is 453 Å². The molecule has 0 fully saturated rings. The van der Waals surface area contributed by atoms with Crippen molar-refractivity contribution in [3.8, 4) is 55.6 Å². The third-order valence-corrected chi connectivity index (χ3v) is 33.2. The van der Waals surface area contributed by atoms with Crippen LogP contribution in [0, 0.1) is 166 Å². The molecule has 0 N–H and O–H groups in total. The topological polar surface area (TPSA) is 0 Å². The molecule has 0 aromatic heterocycles. The second kappa shape index (κ2) is 37.3. The van der Waals surface area contributed by atoms with Gasteiger partial charge in [0.05, 0.1) is 0 Å². The van der Waals surface area contributed by atoms with E-state index in [1.165, 1.54) is 333 Å². The minimum atomic E-state index is -0.108. The Labute approximate surface area is 820 Å². The minimum Gasteiger partial charge on any atom is -0.0654 e. The van der Waals surface area contributed by atoms with E-state index in [1.807, 2.05) is 0 Å². The van der Waals surface area contributed by atoms with Crippen LogP contribution < -0.4 is 0 Å². The number of hydrogen-bond donors (Lipinski definition) is 0. The molecule has 0 bridgehead atoms. The molecule has 0 radical (unpaired) electrons. The Hall–Kier alpha value is -11.7. The summed E-state index contributed by atoms with van der Waals surface area (Å²) >= 11 is 0. The summed E-state index contributed by atoms with van der Waals surface area (Å²) in [5, 5.41) is 0. The van der Waals surface area contributed by atoms with E-state index in [9.17, 15) is 0 Å². The number of hydrogen-bond acceptors (Lipinski definition) is 0. The van der Waals surface area contributed by atoms with Gasteiger partial charge in [-0.25, -0.2) is 0 Å². The van der Waals surface area contributed by atoms with Gasteiger partial charge >= 0.3 is 0 Å². The highest BCUT2D eigenvalue weighted by Gasteiger charge is 2.48. The Morgan fingerprint density at radius 2 is 0.360 bits per heavy atom. The van der Waals surface area contributed by atoms with Gasteiger partial charge in [0.15, 0.2) is 0 Å². The van der Waals surface area contributed by atoms with Crippen molar-refractivity contribution < 1.29 is 0 Å². The maximum Gasteiger partial charge on any atom is 0.0435 e. The zero-order valence-electron chi connectivity index (χ0n) is 89.0. The van der Waals surface area contributed by atoms with E-state index in [4.69, 9.17) is 0 Å². The summed E-state index contributed by atoms with van der Waals surface area (Å²) in [6, 6.07) is 88.1. The molecule has 136 heavy (non-hydrogen) atoms. The highest BCUT2D eigenvalue weighted by atomic mass is 14.5. The SMILES string of the molecule is CCCCc1cc2c(cc1C)C(C)(c1cc(C)cc(C)c1)c1cc(C)c(CCCC)cc1-2.CCc1cc2c(cc1C)C(C)(c1cc(C)cc(C)c1)c1cc(C)c(CC)cc1-2.Cc1cc(C)cc(C2(C)c3cc(C)c(C)cc3-c3cc(C)c(C)cc32)c1.Cc1cc(C)cc(C2(C)c3cc(C)ccc3-c3cc(C)c(C)cc32)c1.Cc1cccc(C2(C)c3cc(C)c(C)cc3-c3cc(C)c(C)cc32)c1. The van der Waals surface area contributed by atoms with Gasteiger partial charge in [-0.15, -0.1) is 0 Å². The van der Waals surface area contributed by atoms with Crippen LogP contribution in [0.2, 0.25) is 0 Å². The zero-order chi connectivity index (χ0) is 97.9. The summed E-state index contributed by atoms with van der Waals surface area (Å²) in [4.78, 5) is 0. The molecule has 696 valence electrons. The highest BCUT2D eigenvalue weighted by Crippen LogP contribution is 2.60. The fourth-order valence-electron chi connectivity index (χ4n) is 24.5. The molecule has 15 aromatic rings. The molecule has 5 aliphatic carbocycles. The molecule has 0 heterocycles. The van der Waals surface area contributed by atoms with Crippen LogP contribution in [0.1, 0.15) is 327 Å². The molecule has 5 aliphatic rings. The van der Waals surface area contributed by atoms with Gasteiger partial charge < -0.3 is 0 Å². The highest BCUT2D eigenvalue weighted by molar-refractivity contribution is 5.91. The standard InChI is InChI=1S/C32H40.C28H32.C26H28.2C25H26/c1-8-10-12-25-19-28-29-20-26(13-11-9-2)24(6)18-31(29)32(7,30(28)17-23(25)5)27-15-21(3)14-22(4)16-27;1-8-21-15-24-25-16-22(9-2)20(6)14-27(25)28(7,26(24)13-19(21)5)23-11-17(3)10-18(4)12-23;1-15-8-16(2)10-21(9-15)26(7)24-13-19(5)17(3)11-22(24)23-12-18(4)20(6)14-25(23)26;1-15-7-8-21-22-13-18(4)19(5)14-24(22)25(6,23(21)12-15)20-10-16(2)9-17(3)11-20;1-15-8-7-9-20(10-15)25(6)23-13-18(4)16(2)11-21(23)22-12-17(3)19(5)14-24(22)25/h14-20H,8-13H2,1-7H3;10-16H,8-9H2,1-7H3;8-14H,1-7H3;2*7-14H,1-6H3. The van der Waals surface area contributed by atoms with Crippen LogP contribution >= 0.6 is 0 Å². The Bertz CT molecular complexity index is 6980. The first kappa shape index (κ1) is 97.4. The predicted molar refractivity (Wildman–Crippen MR) is 589 cm³/mol. The maximum atomic E-state index is 2.53. The van der Waals surface area contributed by atoms with Crippen molar-refractivity contribution in [3.05, 3.63) is 464 Å². The van der Waals surface area contributed by atoms with E-state index < -0.39 is 0 Å². The van der Waals surface area contributed by atoms with E-state index in [0.29, 0.717) is 0 Å². The molecule has 0 aliphatic heterocycles. The number of rotatable bonds is 13. The summed E-state index contributed by atoms with van der Waals surface area (Å²) in [6.07, 6.45) is 9.54. The largest absolute Gasteiger partial charge is 0.0654 e. The van der Waals surface area contributed by atoms with Crippen molar-refractivity contribution in [2.75, 3.05) is 0 Å². The van der Waals surface area contributed by atoms with Crippen molar-refractivity contribution in [2.45, 2.75) is 307 Å². The van der Waals surface area contributed by atoms with Crippen LogP contribution in [0.25, 0.3) is 55.6 Å². The molecule has 0 heteroatoms. The first-order chi connectivity index (χ1) is 64.4. The van der Waals surface area contributed by atoms with Crippen molar-refractivity contribution >= 4 is 0 Å². The van der Waals surface area contributed by atoms with Crippen LogP contribution in [0.3, 0.4) is 0 Å². The minimum absolute atomic E-state index is 0.0897. The van der Waals surface area contributed by atoms with Gasteiger partial charge in [0.1, 0.15) is 0 Å². The third kappa shape index (κ3) is 17.0. The number of aryl methyl sites for hydroxylation is 28. The van der Waals surface area contributed by atoms with Gasteiger partial charge in [-0.05, 0) is 479 Å². The molecular weight excluding hydrogens is 1630 g/mol. The predicted octanol–water partition coefficient (Wildman–Crippen LogP) is 36.3. The monoisotopic (exact) mass is 1790 g/mol. The summed E-state index contributed by atoms with van der Waals surface area (Å²) in [5.41, 5.74) is 74.2. The molecular formula is C136H152. The lowest BCUT2D eigenvalue weighted by atomic mass is 9.72. The summed E-state index contributed by atoms with van der Waals surface area (Å²) in [6.45, 7) is 74.7. The molecule has 0 nitrogen and oxygen atoms in total. The van der Waals surface area contributed by atoms with Gasteiger partial charge in [0.25, 0.3) is 0 Å². The third-order valence-electron chi connectivity index (χ3n) is 33.2. The van der Waals surface area contributed by atoms with Gasteiger partial charge in [-0.3, -0.25) is 0 Å². The molecule has 1 atom stereocenters. The molecule has 20 rings (SSSR count). The quantitative estimate of drug-likeness (QED) is 0.108.